The van der Waals surface area contributed by atoms with Crippen molar-refractivity contribution in [2.24, 2.45) is 5.73 Å². The Bertz CT molecular complexity index is 615. The molecule has 0 heterocycles. The molecule has 0 saturated heterocycles. The molecule has 2 aromatic rings. The van der Waals surface area contributed by atoms with E-state index in [2.05, 4.69) is 0 Å². The van der Waals surface area contributed by atoms with E-state index in [-0.39, 0.29) is 0 Å². The van der Waals surface area contributed by atoms with Gasteiger partial charge in [0.25, 0.3) is 0 Å². The molecule has 21 heavy (non-hydrogen) atoms. The molecule has 4 heteroatoms. The van der Waals surface area contributed by atoms with Gasteiger partial charge in [-0.2, -0.15) is 0 Å². The van der Waals surface area contributed by atoms with Crippen molar-refractivity contribution in [2.45, 2.75) is 24.3 Å². The molecule has 110 valence electrons. The first-order valence-electron chi connectivity index (χ1n) is 6.78. The van der Waals surface area contributed by atoms with Gasteiger partial charge in [0.1, 0.15) is 5.54 Å². The Hall–Kier alpha value is -1.84. The normalized spacial score (nSPS) is 19.3. The highest BCUT2D eigenvalue weighted by atomic mass is 35.5. The number of aliphatic carboxylic acids is 1. The number of nitrogens with two attached hydrogens (primary N) is 1. The predicted molar refractivity (Wildman–Crippen MR) is 84.3 cm³/mol. The summed E-state index contributed by atoms with van der Waals surface area (Å²) < 4.78 is 0. The van der Waals surface area contributed by atoms with Gasteiger partial charge in [-0.15, -0.1) is 11.6 Å². The molecule has 0 amide bonds. The standard InChI is InChI=1S/C10H11NO2.C7H7Cl/c11-10(9(12)13)6-5-7-3-1-2-4-8(7)10;8-6-7-4-2-1-3-5-7/h1-4H,5-6,11H2,(H,12,13);1-5H,6H2. The Labute approximate surface area is 129 Å². The van der Waals surface area contributed by atoms with Gasteiger partial charge in [0, 0.05) is 5.88 Å². The van der Waals surface area contributed by atoms with Crippen LogP contribution in [0.3, 0.4) is 0 Å². The molecule has 1 unspecified atom stereocenters. The summed E-state index contributed by atoms with van der Waals surface area (Å²) in [5.41, 5.74) is 7.66. The topological polar surface area (TPSA) is 63.3 Å². The van der Waals surface area contributed by atoms with E-state index >= 15 is 0 Å². The second kappa shape index (κ2) is 6.74. The van der Waals surface area contributed by atoms with Crippen molar-refractivity contribution in [1.29, 1.82) is 0 Å². The highest BCUT2D eigenvalue weighted by molar-refractivity contribution is 6.17. The first-order valence-corrected chi connectivity index (χ1v) is 7.32. The van der Waals surface area contributed by atoms with Crippen molar-refractivity contribution in [3.8, 4) is 0 Å². The number of hydrogen-bond donors (Lipinski definition) is 2. The molecule has 3 nitrogen and oxygen atoms in total. The van der Waals surface area contributed by atoms with Gasteiger partial charge in [-0.3, -0.25) is 0 Å². The lowest BCUT2D eigenvalue weighted by molar-refractivity contribution is -0.143. The van der Waals surface area contributed by atoms with E-state index in [9.17, 15) is 4.79 Å². The van der Waals surface area contributed by atoms with E-state index in [0.29, 0.717) is 12.3 Å². The minimum absolute atomic E-state index is 0.502. The van der Waals surface area contributed by atoms with E-state index in [4.69, 9.17) is 22.4 Å². The molecule has 0 aliphatic heterocycles. The van der Waals surface area contributed by atoms with Crippen molar-refractivity contribution < 1.29 is 9.90 Å². The first-order chi connectivity index (χ1) is 10.1. The van der Waals surface area contributed by atoms with Gasteiger partial charge in [0.15, 0.2) is 0 Å². The smallest absolute Gasteiger partial charge is 0.328 e. The van der Waals surface area contributed by atoms with Crippen LogP contribution in [0.25, 0.3) is 0 Å². The number of carbonyl (C=O) groups is 1. The molecule has 3 N–H and O–H groups in total. The summed E-state index contributed by atoms with van der Waals surface area (Å²) in [4.78, 5) is 11.0. The van der Waals surface area contributed by atoms with Crippen molar-refractivity contribution >= 4 is 17.6 Å². The number of carboxylic acids is 1. The summed E-state index contributed by atoms with van der Waals surface area (Å²) in [6.45, 7) is 0. The van der Waals surface area contributed by atoms with Crippen LogP contribution in [0.5, 0.6) is 0 Å². The van der Waals surface area contributed by atoms with Crippen LogP contribution in [0.1, 0.15) is 23.1 Å². The fourth-order valence-corrected chi connectivity index (χ4v) is 2.61. The van der Waals surface area contributed by atoms with Crippen LogP contribution in [0.15, 0.2) is 54.6 Å². The lowest BCUT2D eigenvalue weighted by Crippen LogP contribution is -2.42. The summed E-state index contributed by atoms with van der Waals surface area (Å²) >= 11 is 5.53. The lowest BCUT2D eigenvalue weighted by Gasteiger charge is -2.19. The third kappa shape index (κ3) is 3.43. The van der Waals surface area contributed by atoms with Crippen LogP contribution in [0.2, 0.25) is 0 Å². The highest BCUT2D eigenvalue weighted by Gasteiger charge is 2.41. The zero-order chi connectivity index (χ0) is 15.3. The molecule has 0 spiro atoms. The van der Waals surface area contributed by atoms with Gasteiger partial charge < -0.3 is 10.8 Å². The Morgan fingerprint density at radius 1 is 1.14 bits per heavy atom. The first kappa shape index (κ1) is 15.5. The molecule has 1 aliphatic rings. The summed E-state index contributed by atoms with van der Waals surface area (Å²) in [6.07, 6.45) is 1.26. The van der Waals surface area contributed by atoms with E-state index in [1.807, 2.05) is 48.5 Å². The second-order valence-electron chi connectivity index (χ2n) is 5.05. The maximum absolute atomic E-state index is 11.0. The van der Waals surface area contributed by atoms with Crippen molar-refractivity contribution in [2.75, 3.05) is 0 Å². The summed E-state index contributed by atoms with van der Waals surface area (Å²) in [7, 11) is 0. The number of aryl methyl sites for hydroxylation is 1. The molecule has 0 radical (unpaired) electrons. The van der Waals surface area contributed by atoms with Crippen LogP contribution >= 0.6 is 11.6 Å². The molecular weight excluding hydrogens is 286 g/mol. The number of rotatable bonds is 2. The van der Waals surface area contributed by atoms with Crippen LogP contribution < -0.4 is 5.73 Å². The van der Waals surface area contributed by atoms with Gasteiger partial charge in [0.2, 0.25) is 0 Å². The van der Waals surface area contributed by atoms with Gasteiger partial charge in [-0.05, 0) is 29.5 Å². The van der Waals surface area contributed by atoms with E-state index in [1.54, 1.807) is 6.07 Å². The fourth-order valence-electron chi connectivity index (χ4n) is 2.43. The Balaban J connectivity index is 0.000000173. The number of hydrogen-bond acceptors (Lipinski definition) is 2. The molecule has 0 fully saturated rings. The minimum atomic E-state index is -1.16. The van der Waals surface area contributed by atoms with Gasteiger partial charge in [-0.1, -0.05) is 54.6 Å². The number of carboxylic acid groups (broad SMARTS) is 1. The molecule has 0 saturated carbocycles. The van der Waals surface area contributed by atoms with Crippen molar-refractivity contribution in [3.05, 3.63) is 71.3 Å². The number of fused-ring (bicyclic) bond motifs is 1. The second-order valence-corrected chi connectivity index (χ2v) is 5.32. The van der Waals surface area contributed by atoms with E-state index in [0.717, 1.165) is 17.5 Å². The molecule has 1 atom stereocenters. The van der Waals surface area contributed by atoms with Gasteiger partial charge in [-0.25, -0.2) is 4.79 Å². The Morgan fingerprint density at radius 3 is 2.33 bits per heavy atom. The number of alkyl halides is 1. The maximum Gasteiger partial charge on any atom is 0.328 e. The summed E-state index contributed by atoms with van der Waals surface area (Å²) in [5.74, 6) is -0.321. The third-order valence-electron chi connectivity index (χ3n) is 3.67. The highest BCUT2D eigenvalue weighted by Crippen LogP contribution is 2.34. The fraction of sp³-hybridized carbons (Fsp3) is 0.235. The summed E-state index contributed by atoms with van der Waals surface area (Å²) in [5, 5.41) is 8.99. The van der Waals surface area contributed by atoms with Crippen LogP contribution in [-0.2, 0) is 22.6 Å². The largest absolute Gasteiger partial charge is 0.480 e. The molecule has 0 aromatic heterocycles. The molecule has 1 aliphatic carbocycles. The minimum Gasteiger partial charge on any atom is -0.480 e. The van der Waals surface area contributed by atoms with Crippen molar-refractivity contribution in [3.63, 3.8) is 0 Å². The SMILES string of the molecule is ClCc1ccccc1.NC1(C(=O)O)CCc2ccccc21. The molecule has 2 aromatic carbocycles. The van der Waals surface area contributed by atoms with Gasteiger partial charge >= 0.3 is 5.97 Å². The number of halogens is 1. The zero-order valence-electron chi connectivity index (χ0n) is 11.6. The maximum atomic E-state index is 11.0. The quantitative estimate of drug-likeness (QED) is 0.837. The monoisotopic (exact) mass is 303 g/mol. The van der Waals surface area contributed by atoms with Crippen molar-refractivity contribution in [1.82, 2.24) is 0 Å². The van der Waals surface area contributed by atoms with Crippen LogP contribution in [0.4, 0.5) is 0 Å². The molecule has 3 rings (SSSR count). The average Bonchev–Trinajstić information content (AvgIpc) is 2.88. The van der Waals surface area contributed by atoms with E-state index in [1.165, 1.54) is 5.56 Å². The van der Waals surface area contributed by atoms with Gasteiger partial charge in [0.05, 0.1) is 0 Å². The Kier molecular flexibility index (Phi) is 4.99. The van der Waals surface area contributed by atoms with E-state index < -0.39 is 11.5 Å². The van der Waals surface area contributed by atoms with Crippen LogP contribution in [0, 0.1) is 0 Å². The molecule has 0 bridgehead atoms. The predicted octanol–water partition coefficient (Wildman–Crippen LogP) is 3.30. The number of benzene rings is 2. The summed E-state index contributed by atoms with van der Waals surface area (Å²) in [6, 6.07) is 17.4. The zero-order valence-corrected chi connectivity index (χ0v) is 12.4. The average molecular weight is 304 g/mol. The molecular formula is C17H18ClNO2. The third-order valence-corrected chi connectivity index (χ3v) is 3.97. The Morgan fingerprint density at radius 2 is 1.76 bits per heavy atom. The van der Waals surface area contributed by atoms with Crippen LogP contribution in [-0.4, -0.2) is 11.1 Å². The lowest BCUT2D eigenvalue weighted by atomic mass is 9.93.